The number of hydrogen-bond donors (Lipinski definition) is 1. The Hall–Kier alpha value is -2.74. The fraction of sp³-hybridized carbons (Fsp3) is 0.133. The number of carbonyl (C=O) groups excluding carboxylic acids is 1. The highest BCUT2D eigenvalue weighted by molar-refractivity contribution is 7.98. The van der Waals surface area contributed by atoms with Crippen LogP contribution in [-0.4, -0.2) is 31.7 Å². The van der Waals surface area contributed by atoms with Crippen LogP contribution in [0.25, 0.3) is 11.0 Å². The molecule has 23 heavy (non-hydrogen) atoms. The maximum absolute atomic E-state index is 12.4. The van der Waals surface area contributed by atoms with E-state index in [2.05, 4.69) is 20.3 Å². The average Bonchev–Trinajstić information content (AvgIpc) is 2.58. The molecule has 1 aromatic carbocycles. The number of para-hydroxylation sites is 1. The van der Waals surface area contributed by atoms with E-state index < -0.39 is 0 Å². The fourth-order valence-electron chi connectivity index (χ4n) is 2.03. The van der Waals surface area contributed by atoms with Gasteiger partial charge in [0.2, 0.25) is 5.91 Å². The van der Waals surface area contributed by atoms with Gasteiger partial charge in [-0.05, 0) is 18.4 Å². The van der Waals surface area contributed by atoms with Gasteiger partial charge in [-0.1, -0.05) is 30.0 Å². The molecule has 2 heterocycles. The molecule has 0 aliphatic rings. The second-order valence-corrected chi connectivity index (χ2v) is 5.46. The number of hydrogen-bond acceptors (Lipinski definition) is 6. The largest absolute Gasteiger partial charge is 0.325 e. The van der Waals surface area contributed by atoms with E-state index in [4.69, 9.17) is 0 Å². The van der Waals surface area contributed by atoms with Gasteiger partial charge in [-0.3, -0.25) is 14.2 Å². The molecular weight excluding hydrogens is 314 g/mol. The Morgan fingerprint density at radius 1 is 1.26 bits per heavy atom. The van der Waals surface area contributed by atoms with Crippen LogP contribution >= 0.6 is 11.8 Å². The van der Waals surface area contributed by atoms with Gasteiger partial charge in [0.1, 0.15) is 18.3 Å². The molecule has 1 amide bonds. The van der Waals surface area contributed by atoms with Gasteiger partial charge in [0.15, 0.2) is 10.8 Å². The fourth-order valence-corrected chi connectivity index (χ4v) is 2.36. The summed E-state index contributed by atoms with van der Waals surface area (Å²) in [6, 6.07) is 9.05. The maximum Gasteiger partial charge on any atom is 0.264 e. The lowest BCUT2D eigenvalue weighted by Gasteiger charge is -2.07. The molecule has 7 nitrogen and oxygen atoms in total. The van der Waals surface area contributed by atoms with E-state index in [1.807, 2.05) is 24.5 Å². The molecule has 3 aromatic rings. The molecule has 0 fully saturated rings. The summed E-state index contributed by atoms with van der Waals surface area (Å²) in [7, 11) is 0. The van der Waals surface area contributed by atoms with Gasteiger partial charge in [-0.25, -0.2) is 15.0 Å². The number of nitrogens with zero attached hydrogens (tertiary/aromatic N) is 4. The third-order valence-corrected chi connectivity index (χ3v) is 3.67. The minimum Gasteiger partial charge on any atom is -0.325 e. The maximum atomic E-state index is 12.4. The number of amides is 1. The smallest absolute Gasteiger partial charge is 0.264 e. The Kier molecular flexibility index (Phi) is 4.33. The number of anilines is 1. The van der Waals surface area contributed by atoms with E-state index in [1.165, 1.54) is 28.9 Å². The van der Waals surface area contributed by atoms with Crippen molar-refractivity contribution in [1.29, 1.82) is 0 Å². The highest BCUT2D eigenvalue weighted by Crippen LogP contribution is 2.10. The first-order valence-electron chi connectivity index (χ1n) is 6.78. The summed E-state index contributed by atoms with van der Waals surface area (Å²) >= 11 is 1.37. The molecule has 0 aliphatic heterocycles. The standard InChI is InChI=1S/C15H13N5O2S/c1-23-15-16-7-11-13(19-15)17-9-20(14(11)22)8-12(21)18-10-5-3-2-4-6-10/h2-7,9H,8H2,1H3,(H,18,21). The third-order valence-electron chi connectivity index (χ3n) is 3.11. The molecule has 0 atom stereocenters. The minimum atomic E-state index is -0.342. The molecule has 0 saturated heterocycles. The van der Waals surface area contributed by atoms with E-state index in [-0.39, 0.29) is 23.4 Å². The van der Waals surface area contributed by atoms with Crippen molar-refractivity contribution in [1.82, 2.24) is 19.5 Å². The molecule has 0 saturated carbocycles. The van der Waals surface area contributed by atoms with E-state index >= 15 is 0 Å². The molecule has 0 radical (unpaired) electrons. The number of nitrogens with one attached hydrogen (secondary N) is 1. The van der Waals surface area contributed by atoms with E-state index in [0.717, 1.165) is 0 Å². The van der Waals surface area contributed by atoms with Crippen LogP contribution in [0.1, 0.15) is 0 Å². The molecule has 0 unspecified atom stereocenters. The van der Waals surface area contributed by atoms with Crippen molar-refractivity contribution in [3.63, 3.8) is 0 Å². The third kappa shape index (κ3) is 3.37. The number of rotatable bonds is 4. The van der Waals surface area contributed by atoms with Crippen LogP contribution in [0, 0.1) is 0 Å². The topological polar surface area (TPSA) is 89.8 Å². The van der Waals surface area contributed by atoms with Gasteiger partial charge in [0.05, 0.1) is 0 Å². The van der Waals surface area contributed by atoms with Crippen LogP contribution in [0.5, 0.6) is 0 Å². The Labute approximate surface area is 135 Å². The molecule has 1 N–H and O–H groups in total. The number of aromatic nitrogens is 4. The van der Waals surface area contributed by atoms with Gasteiger partial charge in [0, 0.05) is 11.9 Å². The monoisotopic (exact) mass is 327 g/mol. The van der Waals surface area contributed by atoms with Crippen molar-refractivity contribution in [3.8, 4) is 0 Å². The first-order valence-corrected chi connectivity index (χ1v) is 8.01. The second kappa shape index (κ2) is 6.57. The Morgan fingerprint density at radius 3 is 2.78 bits per heavy atom. The van der Waals surface area contributed by atoms with Crippen molar-refractivity contribution in [2.75, 3.05) is 11.6 Å². The van der Waals surface area contributed by atoms with Gasteiger partial charge in [-0.15, -0.1) is 0 Å². The van der Waals surface area contributed by atoms with Crippen molar-refractivity contribution >= 4 is 34.4 Å². The Balaban J connectivity index is 1.84. The van der Waals surface area contributed by atoms with Crippen LogP contribution in [0.2, 0.25) is 0 Å². The summed E-state index contributed by atoms with van der Waals surface area (Å²) in [6.45, 7) is -0.124. The summed E-state index contributed by atoms with van der Waals surface area (Å²) in [5.74, 6) is -0.305. The summed E-state index contributed by atoms with van der Waals surface area (Å²) in [5, 5.41) is 3.56. The quantitative estimate of drug-likeness (QED) is 0.577. The van der Waals surface area contributed by atoms with E-state index in [1.54, 1.807) is 12.1 Å². The molecular formula is C15H13N5O2S. The van der Waals surface area contributed by atoms with Gasteiger partial charge < -0.3 is 5.32 Å². The minimum absolute atomic E-state index is 0.124. The lowest BCUT2D eigenvalue weighted by molar-refractivity contribution is -0.116. The normalized spacial score (nSPS) is 10.7. The van der Waals surface area contributed by atoms with Crippen LogP contribution < -0.4 is 10.9 Å². The summed E-state index contributed by atoms with van der Waals surface area (Å²) in [4.78, 5) is 36.8. The zero-order valence-electron chi connectivity index (χ0n) is 12.3. The van der Waals surface area contributed by atoms with E-state index in [0.29, 0.717) is 16.5 Å². The molecule has 116 valence electrons. The average molecular weight is 327 g/mol. The molecule has 0 spiro atoms. The zero-order chi connectivity index (χ0) is 16.2. The second-order valence-electron chi connectivity index (χ2n) is 4.69. The van der Waals surface area contributed by atoms with Crippen LogP contribution in [0.3, 0.4) is 0 Å². The van der Waals surface area contributed by atoms with Crippen LogP contribution in [-0.2, 0) is 11.3 Å². The summed E-state index contributed by atoms with van der Waals surface area (Å²) < 4.78 is 1.24. The van der Waals surface area contributed by atoms with Crippen molar-refractivity contribution in [2.45, 2.75) is 11.7 Å². The van der Waals surface area contributed by atoms with Gasteiger partial charge in [-0.2, -0.15) is 0 Å². The Bertz CT molecular complexity index is 911. The number of carbonyl (C=O) groups is 1. The van der Waals surface area contributed by atoms with Crippen LogP contribution in [0.15, 0.2) is 52.8 Å². The summed E-state index contributed by atoms with van der Waals surface area (Å²) in [6.07, 6.45) is 4.61. The highest BCUT2D eigenvalue weighted by Gasteiger charge is 2.10. The predicted molar refractivity (Wildman–Crippen MR) is 88.4 cm³/mol. The first-order chi connectivity index (χ1) is 11.2. The molecule has 0 bridgehead atoms. The molecule has 2 aromatic heterocycles. The van der Waals surface area contributed by atoms with Gasteiger partial charge in [0.25, 0.3) is 5.56 Å². The number of fused-ring (bicyclic) bond motifs is 1. The predicted octanol–water partition coefficient (Wildman–Crippen LogP) is 1.55. The first kappa shape index (κ1) is 15.2. The van der Waals surface area contributed by atoms with Gasteiger partial charge >= 0.3 is 0 Å². The lowest BCUT2D eigenvalue weighted by atomic mass is 10.3. The van der Waals surface area contributed by atoms with Crippen LogP contribution in [0.4, 0.5) is 5.69 Å². The summed E-state index contributed by atoms with van der Waals surface area (Å²) in [5.41, 5.74) is 0.659. The lowest BCUT2D eigenvalue weighted by Crippen LogP contribution is -2.28. The molecule has 8 heteroatoms. The number of benzene rings is 1. The zero-order valence-corrected chi connectivity index (χ0v) is 13.1. The molecule has 3 rings (SSSR count). The molecule has 0 aliphatic carbocycles. The number of thioether (sulfide) groups is 1. The van der Waals surface area contributed by atoms with Crippen molar-refractivity contribution in [2.24, 2.45) is 0 Å². The van der Waals surface area contributed by atoms with E-state index in [9.17, 15) is 9.59 Å². The SMILES string of the molecule is CSc1ncc2c(=O)n(CC(=O)Nc3ccccc3)cnc2n1. The highest BCUT2D eigenvalue weighted by atomic mass is 32.2. The van der Waals surface area contributed by atoms with Crippen molar-refractivity contribution < 1.29 is 4.79 Å². The Morgan fingerprint density at radius 2 is 2.04 bits per heavy atom. The van der Waals surface area contributed by atoms with Crippen molar-refractivity contribution in [3.05, 3.63) is 53.2 Å².